The first-order chi connectivity index (χ1) is 9.78. The number of hydrogen-bond donors (Lipinski definition) is 1. The normalized spacial score (nSPS) is 19.4. The van der Waals surface area contributed by atoms with Crippen LogP contribution >= 0.6 is 0 Å². The highest BCUT2D eigenvalue weighted by Gasteiger charge is 2.25. The number of fused-ring (bicyclic) bond motifs is 2. The minimum atomic E-state index is 0.183. The Morgan fingerprint density at radius 2 is 2.25 bits per heavy atom. The Hall–Kier alpha value is -1.51. The van der Waals surface area contributed by atoms with Crippen molar-refractivity contribution in [3.05, 3.63) is 28.8 Å². The smallest absolute Gasteiger partial charge is 0.219 e. The fourth-order valence-corrected chi connectivity index (χ4v) is 3.37. The minimum Gasteiger partial charge on any atom is -0.493 e. The zero-order chi connectivity index (χ0) is 13.9. The van der Waals surface area contributed by atoms with Crippen LogP contribution in [0.2, 0.25) is 0 Å². The fraction of sp³-hybridized carbons (Fsp3) is 0.588. The van der Waals surface area contributed by atoms with Crippen molar-refractivity contribution in [3.8, 4) is 5.75 Å². The van der Waals surface area contributed by atoms with Crippen molar-refractivity contribution in [2.24, 2.45) is 0 Å². The van der Waals surface area contributed by atoms with Gasteiger partial charge < -0.3 is 10.1 Å². The van der Waals surface area contributed by atoms with Gasteiger partial charge in [-0.05, 0) is 54.4 Å². The third-order valence-corrected chi connectivity index (χ3v) is 4.45. The number of carbonyl (C=O) groups is 1. The molecule has 1 amide bonds. The predicted octanol–water partition coefficient (Wildman–Crippen LogP) is 2.96. The summed E-state index contributed by atoms with van der Waals surface area (Å²) in [7, 11) is 0. The van der Waals surface area contributed by atoms with Crippen LogP contribution in [0.5, 0.6) is 5.75 Å². The lowest BCUT2D eigenvalue weighted by atomic mass is 9.96. The number of rotatable bonds is 5. The second-order valence-corrected chi connectivity index (χ2v) is 5.88. The number of hydrogen-bond acceptors (Lipinski definition) is 2. The van der Waals surface area contributed by atoms with Crippen molar-refractivity contribution in [3.63, 3.8) is 0 Å². The molecule has 0 fully saturated rings. The molecule has 1 heterocycles. The lowest BCUT2D eigenvalue weighted by Gasteiger charge is -2.13. The Kier molecular flexibility index (Phi) is 3.95. The van der Waals surface area contributed by atoms with E-state index in [9.17, 15) is 4.79 Å². The Morgan fingerprint density at radius 3 is 3.10 bits per heavy atom. The van der Waals surface area contributed by atoms with Gasteiger partial charge in [0.05, 0.1) is 6.61 Å². The van der Waals surface area contributed by atoms with Gasteiger partial charge in [-0.1, -0.05) is 13.0 Å². The summed E-state index contributed by atoms with van der Waals surface area (Å²) in [6.07, 6.45) is 6.05. The second kappa shape index (κ2) is 5.86. The molecule has 1 aromatic carbocycles. The third kappa shape index (κ3) is 2.67. The highest BCUT2D eigenvalue weighted by atomic mass is 16.5. The number of benzene rings is 1. The van der Waals surface area contributed by atoms with Gasteiger partial charge in [0.2, 0.25) is 5.91 Å². The van der Waals surface area contributed by atoms with Gasteiger partial charge in [0.1, 0.15) is 5.75 Å². The zero-order valence-corrected chi connectivity index (χ0v) is 12.2. The predicted molar refractivity (Wildman–Crippen MR) is 79.2 cm³/mol. The van der Waals surface area contributed by atoms with Gasteiger partial charge >= 0.3 is 0 Å². The maximum atomic E-state index is 11.5. The first kappa shape index (κ1) is 13.5. The van der Waals surface area contributed by atoms with E-state index >= 15 is 0 Å². The highest BCUT2D eigenvalue weighted by molar-refractivity contribution is 5.75. The highest BCUT2D eigenvalue weighted by Crippen LogP contribution is 2.40. The van der Waals surface area contributed by atoms with E-state index in [1.807, 2.05) is 6.92 Å². The molecule has 0 saturated heterocycles. The van der Waals surface area contributed by atoms with E-state index in [-0.39, 0.29) is 5.91 Å². The average molecular weight is 273 g/mol. The number of ether oxygens (including phenoxy) is 1. The Morgan fingerprint density at radius 1 is 1.35 bits per heavy atom. The summed E-state index contributed by atoms with van der Waals surface area (Å²) in [6, 6.07) is 4.59. The summed E-state index contributed by atoms with van der Waals surface area (Å²) in [4.78, 5) is 11.5. The lowest BCUT2D eigenvalue weighted by Crippen LogP contribution is -2.24. The van der Waals surface area contributed by atoms with Crippen LogP contribution in [0.4, 0.5) is 0 Å². The van der Waals surface area contributed by atoms with Gasteiger partial charge in [-0.25, -0.2) is 0 Å². The van der Waals surface area contributed by atoms with Gasteiger partial charge in [0.15, 0.2) is 0 Å². The first-order valence-electron chi connectivity index (χ1n) is 7.83. The minimum absolute atomic E-state index is 0.183. The molecule has 20 heavy (non-hydrogen) atoms. The maximum Gasteiger partial charge on any atom is 0.219 e. The van der Waals surface area contributed by atoms with Gasteiger partial charge in [-0.15, -0.1) is 0 Å². The molecule has 3 rings (SSSR count). The molecule has 3 heteroatoms. The Bertz CT molecular complexity index is 510. The molecule has 2 aliphatic rings. The molecular formula is C17H23NO2. The van der Waals surface area contributed by atoms with Gasteiger partial charge in [0.25, 0.3) is 0 Å². The van der Waals surface area contributed by atoms with Crippen LogP contribution in [-0.4, -0.2) is 19.1 Å². The molecule has 1 aromatic rings. The Balaban J connectivity index is 1.60. The molecule has 108 valence electrons. The first-order valence-corrected chi connectivity index (χ1v) is 7.83. The monoisotopic (exact) mass is 273 g/mol. The molecule has 0 saturated carbocycles. The van der Waals surface area contributed by atoms with E-state index in [0.29, 0.717) is 12.3 Å². The van der Waals surface area contributed by atoms with Gasteiger partial charge in [-0.2, -0.15) is 0 Å². The summed E-state index contributed by atoms with van der Waals surface area (Å²) < 4.78 is 5.68. The summed E-state index contributed by atoms with van der Waals surface area (Å²) >= 11 is 0. The quantitative estimate of drug-likeness (QED) is 0.895. The standard InChI is InChI=1S/C17H23NO2/c1-2-3-17(19)18-8-6-12-4-5-13-10-14-7-9-20-16(14)11-15(12)13/h10-12H,2-9H2,1H3,(H,18,19)/t12-/m0/s1. The summed E-state index contributed by atoms with van der Waals surface area (Å²) in [5.74, 6) is 1.86. The summed E-state index contributed by atoms with van der Waals surface area (Å²) in [6.45, 7) is 3.66. The average Bonchev–Trinajstić information content (AvgIpc) is 3.03. The van der Waals surface area contributed by atoms with E-state index in [1.165, 1.54) is 29.5 Å². The molecular weight excluding hydrogens is 250 g/mol. The molecule has 3 nitrogen and oxygen atoms in total. The van der Waals surface area contributed by atoms with Crippen molar-refractivity contribution >= 4 is 5.91 Å². The molecule has 1 aliphatic carbocycles. The van der Waals surface area contributed by atoms with Crippen molar-refractivity contribution in [1.29, 1.82) is 0 Å². The van der Waals surface area contributed by atoms with E-state index in [4.69, 9.17) is 4.74 Å². The largest absolute Gasteiger partial charge is 0.493 e. The van der Waals surface area contributed by atoms with Crippen molar-refractivity contribution < 1.29 is 9.53 Å². The van der Waals surface area contributed by atoms with E-state index < -0.39 is 0 Å². The molecule has 1 atom stereocenters. The molecule has 0 radical (unpaired) electrons. The molecule has 0 spiro atoms. The van der Waals surface area contributed by atoms with Crippen LogP contribution in [0, 0.1) is 0 Å². The fourth-order valence-electron chi connectivity index (χ4n) is 3.37. The summed E-state index contributed by atoms with van der Waals surface area (Å²) in [5, 5.41) is 3.02. The summed E-state index contributed by atoms with van der Waals surface area (Å²) in [5.41, 5.74) is 4.33. The molecule has 1 N–H and O–H groups in total. The molecule has 0 bridgehead atoms. The zero-order valence-electron chi connectivity index (χ0n) is 12.2. The number of amides is 1. The lowest BCUT2D eigenvalue weighted by molar-refractivity contribution is -0.121. The molecule has 1 aliphatic heterocycles. The van der Waals surface area contributed by atoms with Crippen LogP contribution in [0.3, 0.4) is 0 Å². The maximum absolute atomic E-state index is 11.5. The van der Waals surface area contributed by atoms with Crippen LogP contribution in [0.15, 0.2) is 12.1 Å². The van der Waals surface area contributed by atoms with Gasteiger partial charge in [-0.3, -0.25) is 4.79 Å². The van der Waals surface area contributed by atoms with Crippen molar-refractivity contribution in [2.45, 2.75) is 51.4 Å². The van der Waals surface area contributed by atoms with E-state index in [2.05, 4.69) is 17.4 Å². The SMILES string of the molecule is CCCC(=O)NCC[C@@H]1CCc2cc3c(cc21)OCC3. The van der Waals surface area contributed by atoms with E-state index in [1.54, 1.807) is 0 Å². The topological polar surface area (TPSA) is 38.3 Å². The number of carbonyl (C=O) groups excluding carboxylic acids is 1. The number of aryl methyl sites for hydroxylation is 1. The molecule has 0 aromatic heterocycles. The Labute approximate surface area is 120 Å². The third-order valence-electron chi connectivity index (χ3n) is 4.45. The van der Waals surface area contributed by atoms with Crippen LogP contribution in [0.1, 0.15) is 55.2 Å². The van der Waals surface area contributed by atoms with Crippen LogP contribution in [-0.2, 0) is 17.6 Å². The number of nitrogens with one attached hydrogen (secondary N) is 1. The van der Waals surface area contributed by atoms with Crippen LogP contribution in [0.25, 0.3) is 0 Å². The van der Waals surface area contributed by atoms with Gasteiger partial charge in [0, 0.05) is 19.4 Å². The second-order valence-electron chi connectivity index (χ2n) is 5.88. The van der Waals surface area contributed by atoms with Crippen molar-refractivity contribution in [1.82, 2.24) is 5.32 Å². The van der Waals surface area contributed by atoms with Crippen molar-refractivity contribution in [2.75, 3.05) is 13.2 Å². The van der Waals surface area contributed by atoms with Crippen LogP contribution < -0.4 is 10.1 Å². The molecule has 0 unspecified atom stereocenters. The van der Waals surface area contributed by atoms with E-state index in [0.717, 1.165) is 38.2 Å².